The summed E-state index contributed by atoms with van der Waals surface area (Å²) in [4.78, 5) is 9.25. The first-order chi connectivity index (χ1) is 9.18. The van der Waals surface area contributed by atoms with Crippen molar-refractivity contribution >= 4 is 5.97 Å². The summed E-state index contributed by atoms with van der Waals surface area (Å²) in [6.07, 6.45) is 14.7. The van der Waals surface area contributed by atoms with Crippen LogP contribution in [0.3, 0.4) is 0 Å². The molecule has 4 heteroatoms. The van der Waals surface area contributed by atoms with E-state index in [0.717, 1.165) is 12.6 Å². The predicted molar refractivity (Wildman–Crippen MR) is 81.9 cm³/mol. The molecule has 19 heavy (non-hydrogen) atoms. The average Bonchev–Trinajstić information content (AvgIpc) is 2.41. The van der Waals surface area contributed by atoms with Gasteiger partial charge in [-0.05, 0) is 6.42 Å². The zero-order valence-electron chi connectivity index (χ0n) is 12.5. The van der Waals surface area contributed by atoms with Gasteiger partial charge >= 0.3 is 5.97 Å². The molecule has 0 saturated carbocycles. The fourth-order valence-corrected chi connectivity index (χ4v) is 1.71. The first-order valence-electron chi connectivity index (χ1n) is 7.47. The fourth-order valence-electron chi connectivity index (χ4n) is 1.71. The van der Waals surface area contributed by atoms with Gasteiger partial charge in [0.15, 0.2) is 0 Å². The van der Waals surface area contributed by atoms with E-state index in [1.54, 1.807) is 0 Å². The Balaban J connectivity index is 0. The van der Waals surface area contributed by atoms with Gasteiger partial charge in [-0.2, -0.15) is 0 Å². The molecule has 0 aromatic rings. The standard InChI is InChI=1S/C12H28N2.C3H4O2/c1-2-3-4-5-6-7-8-9-10-11-12-14-13;1-2-3(4)5/h14H,2-13H2,1H3;2H,1H2,(H,4,5). The van der Waals surface area contributed by atoms with E-state index in [0.29, 0.717) is 0 Å². The van der Waals surface area contributed by atoms with E-state index >= 15 is 0 Å². The summed E-state index contributed by atoms with van der Waals surface area (Å²) in [5, 5.41) is 7.60. The van der Waals surface area contributed by atoms with Crippen molar-refractivity contribution in [1.82, 2.24) is 5.43 Å². The Labute approximate surface area is 118 Å². The molecule has 0 heterocycles. The van der Waals surface area contributed by atoms with Crippen molar-refractivity contribution < 1.29 is 9.90 Å². The largest absolute Gasteiger partial charge is 0.478 e. The van der Waals surface area contributed by atoms with Crippen LogP contribution in [0, 0.1) is 0 Å². The third kappa shape index (κ3) is 26.7. The van der Waals surface area contributed by atoms with Crippen LogP contribution in [0.4, 0.5) is 0 Å². The smallest absolute Gasteiger partial charge is 0.327 e. The molecule has 0 unspecified atom stereocenters. The van der Waals surface area contributed by atoms with Gasteiger partial charge in [0.05, 0.1) is 0 Å². The van der Waals surface area contributed by atoms with Crippen molar-refractivity contribution in [2.24, 2.45) is 5.84 Å². The Bertz CT molecular complexity index is 185. The van der Waals surface area contributed by atoms with Crippen molar-refractivity contribution in [1.29, 1.82) is 0 Å². The molecule has 4 N–H and O–H groups in total. The summed E-state index contributed by atoms with van der Waals surface area (Å²) in [6, 6.07) is 0. The second kappa shape index (κ2) is 19.5. The van der Waals surface area contributed by atoms with Crippen molar-refractivity contribution in [3.63, 3.8) is 0 Å². The number of unbranched alkanes of at least 4 members (excludes halogenated alkanes) is 9. The highest BCUT2D eigenvalue weighted by molar-refractivity contribution is 5.78. The number of carboxylic acids is 1. The minimum atomic E-state index is -0.981. The van der Waals surface area contributed by atoms with Gasteiger partial charge in [0, 0.05) is 12.6 Å². The van der Waals surface area contributed by atoms with E-state index in [4.69, 9.17) is 10.9 Å². The molecular weight excluding hydrogens is 240 g/mol. The summed E-state index contributed by atoms with van der Waals surface area (Å²) < 4.78 is 0. The van der Waals surface area contributed by atoms with Gasteiger partial charge < -0.3 is 5.11 Å². The van der Waals surface area contributed by atoms with Crippen LogP contribution in [0.25, 0.3) is 0 Å². The molecule has 0 rings (SSSR count). The monoisotopic (exact) mass is 272 g/mol. The lowest BCUT2D eigenvalue weighted by atomic mass is 10.1. The van der Waals surface area contributed by atoms with Crippen molar-refractivity contribution in [3.05, 3.63) is 12.7 Å². The van der Waals surface area contributed by atoms with Gasteiger partial charge in [0.1, 0.15) is 0 Å². The van der Waals surface area contributed by atoms with Gasteiger partial charge in [0.25, 0.3) is 0 Å². The quantitative estimate of drug-likeness (QED) is 0.219. The number of nitrogens with two attached hydrogens (primary N) is 1. The van der Waals surface area contributed by atoms with E-state index in [1.165, 1.54) is 64.2 Å². The maximum Gasteiger partial charge on any atom is 0.327 e. The molecule has 114 valence electrons. The van der Waals surface area contributed by atoms with E-state index in [1.807, 2.05) is 0 Å². The molecule has 0 aliphatic heterocycles. The number of aliphatic carboxylic acids is 1. The van der Waals surface area contributed by atoms with Crippen LogP contribution in [0.5, 0.6) is 0 Å². The second-order valence-corrected chi connectivity index (χ2v) is 4.68. The molecular formula is C15H32N2O2. The first-order valence-corrected chi connectivity index (χ1v) is 7.47. The van der Waals surface area contributed by atoms with E-state index in [9.17, 15) is 4.79 Å². The summed E-state index contributed by atoms with van der Waals surface area (Å²) in [6.45, 7) is 6.20. The van der Waals surface area contributed by atoms with Crippen LogP contribution >= 0.6 is 0 Å². The maximum atomic E-state index is 9.25. The van der Waals surface area contributed by atoms with Crippen LogP contribution in [0.15, 0.2) is 12.7 Å². The number of rotatable bonds is 12. The molecule has 0 saturated heterocycles. The molecule has 0 bridgehead atoms. The van der Waals surface area contributed by atoms with E-state index < -0.39 is 5.97 Å². The van der Waals surface area contributed by atoms with Gasteiger partial charge in [-0.3, -0.25) is 11.3 Å². The Morgan fingerprint density at radius 3 is 1.74 bits per heavy atom. The molecule has 0 amide bonds. The number of carbonyl (C=O) groups is 1. The van der Waals surface area contributed by atoms with Gasteiger partial charge in [-0.25, -0.2) is 4.79 Å². The third-order valence-electron chi connectivity index (χ3n) is 2.85. The van der Waals surface area contributed by atoms with Crippen LogP contribution in [0.2, 0.25) is 0 Å². The maximum absolute atomic E-state index is 9.25. The molecule has 0 aliphatic carbocycles. The predicted octanol–water partition coefficient (Wildman–Crippen LogP) is 3.63. The molecule has 4 nitrogen and oxygen atoms in total. The second-order valence-electron chi connectivity index (χ2n) is 4.68. The average molecular weight is 272 g/mol. The van der Waals surface area contributed by atoms with Crippen LogP contribution in [-0.2, 0) is 4.79 Å². The van der Waals surface area contributed by atoms with Crippen LogP contribution in [0.1, 0.15) is 71.1 Å². The van der Waals surface area contributed by atoms with Crippen LogP contribution < -0.4 is 11.3 Å². The minimum Gasteiger partial charge on any atom is -0.478 e. The molecule has 0 spiro atoms. The zero-order valence-corrected chi connectivity index (χ0v) is 12.5. The Hall–Kier alpha value is -0.870. The van der Waals surface area contributed by atoms with Crippen molar-refractivity contribution in [3.8, 4) is 0 Å². The fraction of sp³-hybridized carbons (Fsp3) is 0.800. The summed E-state index contributed by atoms with van der Waals surface area (Å²) >= 11 is 0. The lowest BCUT2D eigenvalue weighted by Gasteiger charge is -2.01. The van der Waals surface area contributed by atoms with Crippen molar-refractivity contribution in [2.75, 3.05) is 6.54 Å². The van der Waals surface area contributed by atoms with E-state index in [2.05, 4.69) is 18.9 Å². The minimum absolute atomic E-state index is 0.833. The molecule has 0 fully saturated rings. The molecule has 0 atom stereocenters. The number of hydrogen-bond donors (Lipinski definition) is 3. The highest BCUT2D eigenvalue weighted by Crippen LogP contribution is 2.09. The zero-order chi connectivity index (χ0) is 14.8. The van der Waals surface area contributed by atoms with Gasteiger partial charge in [0.2, 0.25) is 0 Å². The number of carboxylic acid groups (broad SMARTS) is 1. The first kappa shape index (κ1) is 20.4. The number of hydrazine groups is 1. The molecule has 0 radical (unpaired) electrons. The van der Waals surface area contributed by atoms with Gasteiger partial charge in [-0.1, -0.05) is 71.3 Å². The lowest BCUT2D eigenvalue weighted by molar-refractivity contribution is -0.131. The SMILES string of the molecule is C=CC(=O)O.CCCCCCCCCCCCNN. The van der Waals surface area contributed by atoms with Gasteiger partial charge in [-0.15, -0.1) is 0 Å². The normalized spacial score (nSPS) is 9.58. The van der Waals surface area contributed by atoms with Crippen molar-refractivity contribution in [2.45, 2.75) is 71.1 Å². The molecule has 0 aliphatic rings. The highest BCUT2D eigenvalue weighted by atomic mass is 16.4. The summed E-state index contributed by atoms with van der Waals surface area (Å²) in [7, 11) is 0. The Kier molecular flexibility index (Phi) is 21.0. The van der Waals surface area contributed by atoms with E-state index in [-0.39, 0.29) is 0 Å². The Morgan fingerprint density at radius 1 is 1.05 bits per heavy atom. The molecule has 0 aromatic carbocycles. The third-order valence-corrected chi connectivity index (χ3v) is 2.85. The Morgan fingerprint density at radius 2 is 1.42 bits per heavy atom. The topological polar surface area (TPSA) is 75.3 Å². The molecule has 0 aromatic heterocycles. The summed E-state index contributed by atoms with van der Waals surface area (Å²) in [5.41, 5.74) is 2.69. The summed E-state index contributed by atoms with van der Waals surface area (Å²) in [5.74, 6) is 4.21. The number of hydrogen-bond acceptors (Lipinski definition) is 3. The van der Waals surface area contributed by atoms with Crippen LogP contribution in [-0.4, -0.2) is 17.6 Å². The number of nitrogens with one attached hydrogen (secondary N) is 1. The lowest BCUT2D eigenvalue weighted by Crippen LogP contribution is -2.22. The highest BCUT2D eigenvalue weighted by Gasteiger charge is 1.91.